The molecule has 2 aromatic carbocycles. The van der Waals surface area contributed by atoms with E-state index in [4.69, 9.17) is 9.47 Å². The maximum Gasteiger partial charge on any atom is 0.309 e. The van der Waals surface area contributed by atoms with Gasteiger partial charge in [0.05, 0.1) is 38.3 Å². The normalized spacial score (nSPS) is 12.7. The summed E-state index contributed by atoms with van der Waals surface area (Å²) in [5.74, 6) is -0.0722. The van der Waals surface area contributed by atoms with Crippen molar-refractivity contribution >= 4 is 17.8 Å². The minimum absolute atomic E-state index is 0.123. The lowest BCUT2D eigenvalue weighted by Crippen LogP contribution is -2.33. The van der Waals surface area contributed by atoms with E-state index in [1.165, 1.54) is 19.1 Å². The molecule has 0 N–H and O–H groups in total. The van der Waals surface area contributed by atoms with Crippen LogP contribution in [0.1, 0.15) is 26.3 Å². The zero-order valence-electron chi connectivity index (χ0n) is 15.1. The van der Waals surface area contributed by atoms with Gasteiger partial charge in [-0.05, 0) is 29.8 Å². The first-order chi connectivity index (χ1) is 13.0. The van der Waals surface area contributed by atoms with E-state index in [1.54, 1.807) is 42.5 Å². The molecule has 0 fully saturated rings. The van der Waals surface area contributed by atoms with E-state index in [2.05, 4.69) is 4.74 Å². The first-order valence-electron chi connectivity index (χ1n) is 8.37. The Balaban J connectivity index is 1.63. The number of ether oxygens (including phenoxy) is 3. The van der Waals surface area contributed by atoms with Crippen LogP contribution in [0.2, 0.25) is 0 Å². The van der Waals surface area contributed by atoms with E-state index in [0.717, 1.165) is 5.56 Å². The Morgan fingerprint density at radius 1 is 0.963 bits per heavy atom. The van der Waals surface area contributed by atoms with Crippen molar-refractivity contribution in [3.05, 3.63) is 59.2 Å². The van der Waals surface area contributed by atoms with Gasteiger partial charge in [-0.2, -0.15) is 0 Å². The largest absolute Gasteiger partial charge is 0.493 e. The molecule has 0 spiro atoms. The standard InChI is InChI=1S/C20H19NO6/c1-25-17-11-13(12-18(22)26-2)7-8-16(17)27-10-9-21-19(23)14-5-3-4-6-15(14)20(21)24/h3-8,11H,9-10,12H2,1-2H3. The predicted molar refractivity (Wildman–Crippen MR) is 96.0 cm³/mol. The fourth-order valence-corrected chi connectivity index (χ4v) is 2.87. The highest BCUT2D eigenvalue weighted by Crippen LogP contribution is 2.29. The van der Waals surface area contributed by atoms with Crippen LogP contribution in [-0.2, 0) is 16.0 Å². The number of rotatable bonds is 7. The Hall–Kier alpha value is -3.35. The number of amides is 2. The van der Waals surface area contributed by atoms with Gasteiger partial charge in [0.2, 0.25) is 0 Å². The van der Waals surface area contributed by atoms with Crippen molar-refractivity contribution < 1.29 is 28.6 Å². The molecule has 140 valence electrons. The van der Waals surface area contributed by atoms with E-state index in [9.17, 15) is 14.4 Å². The van der Waals surface area contributed by atoms with Crippen LogP contribution in [0.15, 0.2) is 42.5 Å². The van der Waals surface area contributed by atoms with Crippen LogP contribution >= 0.6 is 0 Å². The first kappa shape index (κ1) is 18.4. The summed E-state index contributed by atoms with van der Waals surface area (Å²) in [7, 11) is 2.82. The third-order valence-electron chi connectivity index (χ3n) is 4.25. The van der Waals surface area contributed by atoms with Crippen molar-refractivity contribution in [2.45, 2.75) is 6.42 Å². The lowest BCUT2D eigenvalue weighted by Gasteiger charge is -2.16. The average Bonchev–Trinajstić information content (AvgIpc) is 2.93. The average molecular weight is 369 g/mol. The van der Waals surface area contributed by atoms with E-state index in [-0.39, 0.29) is 37.4 Å². The zero-order valence-corrected chi connectivity index (χ0v) is 15.1. The molecule has 0 saturated heterocycles. The summed E-state index contributed by atoms with van der Waals surface area (Å²) in [6.07, 6.45) is 0.127. The highest BCUT2D eigenvalue weighted by Gasteiger charge is 2.34. The van der Waals surface area contributed by atoms with Crippen LogP contribution in [0, 0.1) is 0 Å². The number of carbonyl (C=O) groups excluding carboxylic acids is 3. The zero-order chi connectivity index (χ0) is 19.4. The number of hydrogen-bond acceptors (Lipinski definition) is 6. The molecule has 7 heteroatoms. The van der Waals surface area contributed by atoms with Gasteiger partial charge < -0.3 is 14.2 Å². The topological polar surface area (TPSA) is 82.1 Å². The second kappa shape index (κ2) is 7.90. The fourth-order valence-electron chi connectivity index (χ4n) is 2.87. The van der Waals surface area contributed by atoms with Crippen molar-refractivity contribution in [2.24, 2.45) is 0 Å². The Kier molecular flexibility index (Phi) is 5.40. The lowest BCUT2D eigenvalue weighted by molar-refractivity contribution is -0.139. The Morgan fingerprint density at radius 3 is 2.22 bits per heavy atom. The molecule has 1 aliphatic heterocycles. The highest BCUT2D eigenvalue weighted by atomic mass is 16.5. The molecule has 0 saturated carbocycles. The third kappa shape index (κ3) is 3.76. The van der Waals surface area contributed by atoms with Crippen LogP contribution in [0.4, 0.5) is 0 Å². The molecule has 2 aromatic rings. The summed E-state index contributed by atoms with van der Waals surface area (Å²) in [5.41, 5.74) is 1.55. The summed E-state index contributed by atoms with van der Waals surface area (Å²) < 4.78 is 15.6. The molecule has 27 heavy (non-hydrogen) atoms. The molecule has 1 aliphatic rings. The number of carbonyl (C=O) groups is 3. The van der Waals surface area contributed by atoms with Gasteiger partial charge >= 0.3 is 5.97 Å². The van der Waals surface area contributed by atoms with Crippen molar-refractivity contribution in [1.29, 1.82) is 0 Å². The summed E-state index contributed by atoms with van der Waals surface area (Å²) in [4.78, 5) is 37.2. The van der Waals surface area contributed by atoms with Crippen molar-refractivity contribution in [3.63, 3.8) is 0 Å². The maximum atomic E-state index is 12.3. The Morgan fingerprint density at radius 2 is 1.63 bits per heavy atom. The lowest BCUT2D eigenvalue weighted by atomic mass is 10.1. The predicted octanol–water partition coefficient (Wildman–Crippen LogP) is 2.09. The molecule has 0 atom stereocenters. The Labute approximate surface area is 156 Å². The number of hydrogen-bond donors (Lipinski definition) is 0. The molecule has 0 bridgehead atoms. The van der Waals surface area contributed by atoms with Crippen molar-refractivity contribution in [3.8, 4) is 11.5 Å². The third-order valence-corrected chi connectivity index (χ3v) is 4.25. The van der Waals surface area contributed by atoms with E-state index in [1.807, 2.05) is 0 Å². The van der Waals surface area contributed by atoms with E-state index in [0.29, 0.717) is 22.6 Å². The molecule has 0 aromatic heterocycles. The van der Waals surface area contributed by atoms with Gasteiger partial charge in [-0.15, -0.1) is 0 Å². The summed E-state index contributed by atoms with van der Waals surface area (Å²) >= 11 is 0. The second-order valence-electron chi connectivity index (χ2n) is 5.89. The van der Waals surface area contributed by atoms with Crippen LogP contribution in [-0.4, -0.2) is 50.1 Å². The summed E-state index contributed by atoms with van der Waals surface area (Å²) in [6.45, 7) is 0.248. The maximum absolute atomic E-state index is 12.3. The number of nitrogens with zero attached hydrogens (tertiary/aromatic N) is 1. The fraction of sp³-hybridized carbons (Fsp3) is 0.250. The minimum Gasteiger partial charge on any atom is -0.493 e. The van der Waals surface area contributed by atoms with Crippen molar-refractivity contribution in [2.75, 3.05) is 27.4 Å². The minimum atomic E-state index is -0.351. The monoisotopic (exact) mass is 369 g/mol. The van der Waals surface area contributed by atoms with E-state index >= 15 is 0 Å². The summed E-state index contributed by atoms with van der Waals surface area (Å²) in [5, 5.41) is 0. The van der Waals surface area contributed by atoms with Gasteiger partial charge in [0.25, 0.3) is 11.8 Å². The number of fused-ring (bicyclic) bond motifs is 1. The molecular formula is C20H19NO6. The Bertz CT molecular complexity index is 857. The molecule has 7 nitrogen and oxygen atoms in total. The molecular weight excluding hydrogens is 350 g/mol. The van der Waals surface area contributed by atoms with Gasteiger partial charge in [-0.1, -0.05) is 18.2 Å². The van der Waals surface area contributed by atoms with Gasteiger partial charge in [0.15, 0.2) is 11.5 Å². The molecule has 0 radical (unpaired) electrons. The number of benzene rings is 2. The van der Waals surface area contributed by atoms with Gasteiger partial charge in [0.1, 0.15) is 6.61 Å². The number of methoxy groups -OCH3 is 2. The van der Waals surface area contributed by atoms with Crippen LogP contribution in [0.25, 0.3) is 0 Å². The molecule has 0 aliphatic carbocycles. The van der Waals surface area contributed by atoms with Gasteiger partial charge in [0, 0.05) is 0 Å². The second-order valence-corrected chi connectivity index (χ2v) is 5.89. The molecule has 2 amide bonds. The molecule has 3 rings (SSSR count). The van der Waals surface area contributed by atoms with Gasteiger partial charge in [-0.25, -0.2) is 0 Å². The first-order valence-corrected chi connectivity index (χ1v) is 8.37. The smallest absolute Gasteiger partial charge is 0.309 e. The highest BCUT2D eigenvalue weighted by molar-refractivity contribution is 6.21. The van der Waals surface area contributed by atoms with Crippen LogP contribution < -0.4 is 9.47 Å². The summed E-state index contributed by atoms with van der Waals surface area (Å²) in [6, 6.07) is 11.8. The number of esters is 1. The van der Waals surface area contributed by atoms with Crippen LogP contribution in [0.5, 0.6) is 11.5 Å². The van der Waals surface area contributed by atoms with E-state index < -0.39 is 0 Å². The molecule has 1 heterocycles. The number of imide groups is 1. The van der Waals surface area contributed by atoms with Crippen LogP contribution in [0.3, 0.4) is 0 Å². The SMILES string of the molecule is COC(=O)Cc1ccc(OCCN2C(=O)c3ccccc3C2=O)c(OC)c1. The van der Waals surface area contributed by atoms with Crippen molar-refractivity contribution in [1.82, 2.24) is 4.90 Å². The van der Waals surface area contributed by atoms with Gasteiger partial charge in [-0.3, -0.25) is 19.3 Å². The molecule has 0 unspecified atom stereocenters. The quantitative estimate of drug-likeness (QED) is 0.549.